The van der Waals surface area contributed by atoms with Crippen molar-refractivity contribution in [3.8, 4) is 0 Å². The van der Waals surface area contributed by atoms with Gasteiger partial charge >= 0.3 is 11.9 Å². The van der Waals surface area contributed by atoms with Crippen LogP contribution in [0.4, 0.5) is 0 Å². The summed E-state index contributed by atoms with van der Waals surface area (Å²) in [6, 6.07) is 8.41. The van der Waals surface area contributed by atoms with Gasteiger partial charge in [-0.2, -0.15) is 0 Å². The van der Waals surface area contributed by atoms with Crippen molar-refractivity contribution in [2.45, 2.75) is 46.2 Å². The smallest absolute Gasteiger partial charge is 0.338 e. The van der Waals surface area contributed by atoms with Crippen LogP contribution in [0.1, 0.15) is 40.2 Å². The lowest BCUT2D eigenvalue weighted by Crippen LogP contribution is -2.50. The lowest BCUT2D eigenvalue weighted by molar-refractivity contribution is -0.133. The summed E-state index contributed by atoms with van der Waals surface area (Å²) in [7, 11) is 0. The van der Waals surface area contributed by atoms with Crippen molar-refractivity contribution in [3.05, 3.63) is 52.7 Å². The number of carboxylic acid groups (broad SMARTS) is 2. The normalized spacial score (nSPS) is 18.9. The van der Waals surface area contributed by atoms with Crippen LogP contribution in [-0.4, -0.2) is 38.6 Å². The number of hydrogen-bond acceptors (Lipinski definition) is 3. The fourth-order valence-corrected chi connectivity index (χ4v) is 3.60. The third kappa shape index (κ3) is 2.94. The molecule has 2 rings (SSSR count). The van der Waals surface area contributed by atoms with Gasteiger partial charge in [0.25, 0.3) is 0 Å². The molecular formula is C19H23NO4. The fourth-order valence-electron chi connectivity index (χ4n) is 3.60. The molecule has 0 fully saturated rings. The zero-order chi connectivity index (χ0) is 18.2. The van der Waals surface area contributed by atoms with Gasteiger partial charge in [-0.1, -0.05) is 30.3 Å². The maximum absolute atomic E-state index is 12.0. The molecule has 0 spiro atoms. The first-order chi connectivity index (χ1) is 11.1. The average Bonchev–Trinajstić information content (AvgIpc) is 2.45. The molecule has 0 saturated carbocycles. The second-order valence-corrected chi connectivity index (χ2v) is 6.94. The molecule has 5 nitrogen and oxygen atoms in total. The first-order valence-electron chi connectivity index (χ1n) is 7.84. The molecule has 0 amide bonds. The van der Waals surface area contributed by atoms with E-state index in [4.69, 9.17) is 0 Å². The van der Waals surface area contributed by atoms with Crippen LogP contribution in [0.2, 0.25) is 0 Å². The maximum Gasteiger partial charge on any atom is 0.338 e. The van der Waals surface area contributed by atoms with E-state index in [2.05, 4.69) is 0 Å². The molecule has 5 heteroatoms. The molecule has 0 aromatic heterocycles. The Morgan fingerprint density at radius 1 is 1.04 bits per heavy atom. The molecule has 24 heavy (non-hydrogen) atoms. The lowest BCUT2D eigenvalue weighted by atomic mass is 9.82. The summed E-state index contributed by atoms with van der Waals surface area (Å²) in [4.78, 5) is 25.8. The lowest BCUT2D eigenvalue weighted by Gasteiger charge is -2.46. The van der Waals surface area contributed by atoms with Gasteiger partial charge in [-0.15, -0.1) is 0 Å². The Hall–Kier alpha value is -2.56. The van der Waals surface area contributed by atoms with Gasteiger partial charge in [0, 0.05) is 16.8 Å². The molecule has 1 heterocycles. The van der Waals surface area contributed by atoms with Crippen molar-refractivity contribution >= 4 is 17.5 Å². The van der Waals surface area contributed by atoms with E-state index in [0.29, 0.717) is 16.8 Å². The number of aliphatic carboxylic acids is 2. The van der Waals surface area contributed by atoms with Crippen molar-refractivity contribution in [2.75, 3.05) is 0 Å². The van der Waals surface area contributed by atoms with Gasteiger partial charge in [0.2, 0.25) is 0 Å². The Morgan fingerprint density at radius 2 is 1.58 bits per heavy atom. The Labute approximate surface area is 141 Å². The highest BCUT2D eigenvalue weighted by Crippen LogP contribution is 2.41. The van der Waals surface area contributed by atoms with Gasteiger partial charge in [0.05, 0.1) is 17.2 Å². The van der Waals surface area contributed by atoms with Gasteiger partial charge in [0.1, 0.15) is 0 Å². The van der Waals surface area contributed by atoms with Crippen LogP contribution in [0.5, 0.6) is 0 Å². The third-order valence-electron chi connectivity index (χ3n) is 4.28. The number of allylic oxidation sites excluding steroid dienone is 1. The van der Waals surface area contributed by atoms with Crippen molar-refractivity contribution in [1.82, 2.24) is 4.90 Å². The van der Waals surface area contributed by atoms with E-state index in [0.717, 1.165) is 0 Å². The molecule has 0 radical (unpaired) electrons. The van der Waals surface area contributed by atoms with Crippen molar-refractivity contribution < 1.29 is 19.8 Å². The third-order valence-corrected chi connectivity index (χ3v) is 4.28. The van der Waals surface area contributed by atoms with E-state index in [-0.39, 0.29) is 11.1 Å². The highest BCUT2D eigenvalue weighted by Gasteiger charge is 2.41. The maximum atomic E-state index is 12.0. The fraction of sp³-hybridized carbons (Fsp3) is 0.368. The minimum atomic E-state index is -1.12. The monoisotopic (exact) mass is 329 g/mol. The second-order valence-electron chi connectivity index (χ2n) is 6.94. The second kappa shape index (κ2) is 6.15. The van der Waals surface area contributed by atoms with Crippen LogP contribution in [0.15, 0.2) is 47.2 Å². The Morgan fingerprint density at radius 3 is 2.00 bits per heavy atom. The van der Waals surface area contributed by atoms with Crippen molar-refractivity contribution in [2.24, 2.45) is 0 Å². The SMILES string of the molecule is CC1=C(C(=O)O)C(c2ccccc2)=C(C(=O)O)C(C)N1C(C)(C)C. The minimum absolute atomic E-state index is 0.0478. The van der Waals surface area contributed by atoms with Crippen LogP contribution in [0.3, 0.4) is 0 Å². The number of nitrogens with zero attached hydrogens (tertiary/aromatic N) is 1. The van der Waals surface area contributed by atoms with Crippen LogP contribution in [0, 0.1) is 0 Å². The van der Waals surface area contributed by atoms with E-state index >= 15 is 0 Å². The summed E-state index contributed by atoms with van der Waals surface area (Å²) in [5, 5.41) is 19.6. The van der Waals surface area contributed by atoms with Gasteiger partial charge in [0.15, 0.2) is 0 Å². The van der Waals surface area contributed by atoms with Crippen LogP contribution >= 0.6 is 0 Å². The summed E-state index contributed by atoms with van der Waals surface area (Å²) >= 11 is 0. The molecule has 1 aliphatic heterocycles. The predicted octanol–water partition coefficient (Wildman–Crippen LogP) is 3.39. The number of benzene rings is 1. The topological polar surface area (TPSA) is 77.8 Å². The zero-order valence-corrected chi connectivity index (χ0v) is 14.6. The first kappa shape index (κ1) is 17.8. The summed E-state index contributed by atoms with van der Waals surface area (Å²) in [5.41, 5.74) is 1.22. The molecule has 1 unspecified atom stereocenters. The van der Waals surface area contributed by atoms with Gasteiger partial charge < -0.3 is 15.1 Å². The number of rotatable bonds is 3. The van der Waals surface area contributed by atoms with Gasteiger partial charge in [-0.3, -0.25) is 0 Å². The molecular weight excluding hydrogens is 306 g/mol. The molecule has 0 saturated heterocycles. The van der Waals surface area contributed by atoms with E-state index in [1.165, 1.54) is 0 Å². The molecule has 128 valence electrons. The van der Waals surface area contributed by atoms with Crippen LogP contribution in [0.25, 0.3) is 5.57 Å². The number of carbonyl (C=O) groups is 2. The average molecular weight is 329 g/mol. The highest BCUT2D eigenvalue weighted by atomic mass is 16.4. The molecule has 1 aromatic rings. The first-order valence-corrected chi connectivity index (χ1v) is 7.84. The Kier molecular flexibility index (Phi) is 4.56. The molecule has 1 atom stereocenters. The van der Waals surface area contributed by atoms with E-state index in [9.17, 15) is 19.8 Å². The van der Waals surface area contributed by atoms with Crippen molar-refractivity contribution in [3.63, 3.8) is 0 Å². The Balaban J connectivity index is 2.87. The van der Waals surface area contributed by atoms with Gasteiger partial charge in [-0.05, 0) is 40.2 Å². The van der Waals surface area contributed by atoms with Crippen molar-refractivity contribution in [1.29, 1.82) is 0 Å². The largest absolute Gasteiger partial charge is 0.478 e. The molecule has 1 aliphatic rings. The molecule has 0 bridgehead atoms. The number of hydrogen-bond donors (Lipinski definition) is 2. The predicted molar refractivity (Wildman–Crippen MR) is 92.4 cm³/mol. The Bertz CT molecular complexity index is 738. The minimum Gasteiger partial charge on any atom is -0.478 e. The summed E-state index contributed by atoms with van der Waals surface area (Å²) in [6.07, 6.45) is 0. The van der Waals surface area contributed by atoms with E-state index < -0.39 is 23.5 Å². The number of carboxylic acids is 2. The van der Waals surface area contributed by atoms with Crippen LogP contribution in [-0.2, 0) is 9.59 Å². The van der Waals surface area contributed by atoms with Gasteiger partial charge in [-0.25, -0.2) is 9.59 Å². The molecule has 2 N–H and O–H groups in total. The standard InChI is InChI=1S/C19H23NO4/c1-11-14(17(21)22)16(13-9-7-6-8-10-13)15(18(23)24)12(2)20(11)19(3,4)5/h6-11H,1-5H3,(H,21,22)(H,23,24). The summed E-state index contributed by atoms with van der Waals surface area (Å²) < 4.78 is 0. The van der Waals surface area contributed by atoms with Crippen LogP contribution < -0.4 is 0 Å². The summed E-state index contributed by atoms with van der Waals surface area (Å²) in [6.45, 7) is 9.38. The molecule has 1 aromatic carbocycles. The quantitative estimate of drug-likeness (QED) is 0.889. The zero-order valence-electron chi connectivity index (χ0n) is 14.6. The highest BCUT2D eigenvalue weighted by molar-refractivity contribution is 6.13. The van der Waals surface area contributed by atoms with E-state index in [1.807, 2.05) is 31.7 Å². The molecule has 0 aliphatic carbocycles. The summed E-state index contributed by atoms with van der Waals surface area (Å²) in [5.74, 6) is -2.21. The van der Waals surface area contributed by atoms with E-state index in [1.54, 1.807) is 38.1 Å².